The first-order valence-electron chi connectivity index (χ1n) is 9.30. The van der Waals surface area contributed by atoms with Gasteiger partial charge in [-0.25, -0.2) is 13.4 Å². The van der Waals surface area contributed by atoms with E-state index < -0.39 is 10.0 Å². The van der Waals surface area contributed by atoms with Gasteiger partial charge in [0.05, 0.1) is 12.0 Å². The van der Waals surface area contributed by atoms with Gasteiger partial charge in [0.25, 0.3) is 5.91 Å². The van der Waals surface area contributed by atoms with E-state index in [0.29, 0.717) is 30.1 Å². The molecule has 150 valence electrons. The average Bonchev–Trinajstić information content (AvgIpc) is 2.73. The molecule has 0 unspecified atom stereocenters. The van der Waals surface area contributed by atoms with E-state index in [9.17, 15) is 13.2 Å². The summed E-state index contributed by atoms with van der Waals surface area (Å²) >= 11 is 0. The van der Waals surface area contributed by atoms with Crippen molar-refractivity contribution in [1.82, 2.24) is 14.6 Å². The van der Waals surface area contributed by atoms with E-state index in [4.69, 9.17) is 4.74 Å². The Balaban J connectivity index is 1.80. The number of pyridine rings is 1. The van der Waals surface area contributed by atoms with Crippen molar-refractivity contribution in [1.29, 1.82) is 0 Å². The summed E-state index contributed by atoms with van der Waals surface area (Å²) in [6.45, 7) is 3.08. The maximum absolute atomic E-state index is 12.9. The monoisotopic (exact) mass is 403 g/mol. The van der Waals surface area contributed by atoms with Crippen molar-refractivity contribution < 1.29 is 17.9 Å². The number of hydrogen-bond donors (Lipinski definition) is 1. The zero-order chi connectivity index (χ0) is 20.1. The highest BCUT2D eigenvalue weighted by molar-refractivity contribution is 7.89. The molecule has 0 atom stereocenters. The van der Waals surface area contributed by atoms with Crippen LogP contribution in [0.25, 0.3) is 0 Å². The minimum Gasteiger partial charge on any atom is -0.481 e. The molecule has 28 heavy (non-hydrogen) atoms. The number of rotatable bonds is 6. The van der Waals surface area contributed by atoms with E-state index in [-0.39, 0.29) is 17.3 Å². The summed E-state index contributed by atoms with van der Waals surface area (Å²) in [4.78, 5) is 17.0. The zero-order valence-corrected chi connectivity index (χ0v) is 17.0. The number of ether oxygens (including phenoxy) is 1. The number of amides is 1. The molecule has 1 saturated heterocycles. The molecule has 2 aromatic rings. The Morgan fingerprint density at radius 2 is 1.96 bits per heavy atom. The molecule has 2 heterocycles. The van der Waals surface area contributed by atoms with Crippen molar-refractivity contribution in [2.75, 3.05) is 20.2 Å². The quantitative estimate of drug-likeness (QED) is 0.801. The highest BCUT2D eigenvalue weighted by atomic mass is 32.2. The first-order chi connectivity index (χ1) is 13.4. The molecule has 3 rings (SSSR count). The molecule has 1 aliphatic heterocycles. The van der Waals surface area contributed by atoms with Gasteiger partial charge in [-0.05, 0) is 43.5 Å². The zero-order valence-electron chi connectivity index (χ0n) is 16.1. The fourth-order valence-electron chi connectivity index (χ4n) is 3.27. The third-order valence-corrected chi connectivity index (χ3v) is 6.78. The maximum atomic E-state index is 12.9. The van der Waals surface area contributed by atoms with Gasteiger partial charge in [-0.1, -0.05) is 18.6 Å². The van der Waals surface area contributed by atoms with Crippen LogP contribution < -0.4 is 10.1 Å². The number of hydrogen-bond acceptors (Lipinski definition) is 5. The van der Waals surface area contributed by atoms with Gasteiger partial charge >= 0.3 is 0 Å². The van der Waals surface area contributed by atoms with Crippen molar-refractivity contribution in [3.05, 3.63) is 53.2 Å². The maximum Gasteiger partial charge on any atom is 0.251 e. The molecule has 1 fully saturated rings. The first-order valence-corrected chi connectivity index (χ1v) is 10.7. The molecule has 0 spiro atoms. The van der Waals surface area contributed by atoms with Gasteiger partial charge in [0.2, 0.25) is 15.9 Å². The van der Waals surface area contributed by atoms with Gasteiger partial charge in [-0.3, -0.25) is 4.79 Å². The van der Waals surface area contributed by atoms with Gasteiger partial charge in [0.15, 0.2) is 0 Å². The van der Waals surface area contributed by atoms with Crippen LogP contribution in [0, 0.1) is 6.92 Å². The molecule has 8 heteroatoms. The molecule has 1 aromatic carbocycles. The van der Waals surface area contributed by atoms with Gasteiger partial charge in [-0.15, -0.1) is 0 Å². The number of sulfonamides is 1. The van der Waals surface area contributed by atoms with Crippen LogP contribution >= 0.6 is 0 Å². The van der Waals surface area contributed by atoms with E-state index >= 15 is 0 Å². The molecule has 1 N–H and O–H groups in total. The summed E-state index contributed by atoms with van der Waals surface area (Å²) in [5.74, 6) is 0.111. The number of methoxy groups -OCH3 is 1. The largest absolute Gasteiger partial charge is 0.481 e. The topological polar surface area (TPSA) is 88.6 Å². The molecule has 0 saturated carbocycles. The Morgan fingerprint density at radius 1 is 1.21 bits per heavy atom. The number of nitrogens with one attached hydrogen (secondary N) is 1. The van der Waals surface area contributed by atoms with Crippen LogP contribution in [0.4, 0.5) is 0 Å². The second kappa shape index (κ2) is 8.70. The second-order valence-electron chi connectivity index (χ2n) is 6.80. The van der Waals surface area contributed by atoms with E-state index in [0.717, 1.165) is 24.8 Å². The van der Waals surface area contributed by atoms with Crippen molar-refractivity contribution in [3.63, 3.8) is 0 Å². The third-order valence-electron chi connectivity index (χ3n) is 4.89. The average molecular weight is 404 g/mol. The van der Waals surface area contributed by atoms with Crippen molar-refractivity contribution in [2.45, 2.75) is 37.6 Å². The van der Waals surface area contributed by atoms with Crippen molar-refractivity contribution >= 4 is 15.9 Å². The molecule has 7 nitrogen and oxygen atoms in total. The lowest BCUT2D eigenvalue weighted by atomic mass is 10.1. The number of aromatic nitrogens is 1. The van der Waals surface area contributed by atoms with Gasteiger partial charge in [0, 0.05) is 37.0 Å². The number of aryl methyl sites for hydroxylation is 1. The molecule has 0 radical (unpaired) electrons. The van der Waals surface area contributed by atoms with Crippen LogP contribution in [0.2, 0.25) is 0 Å². The third kappa shape index (κ3) is 4.34. The molecular weight excluding hydrogens is 378 g/mol. The molecule has 0 aliphatic carbocycles. The highest BCUT2D eigenvalue weighted by Gasteiger charge is 2.27. The van der Waals surface area contributed by atoms with Gasteiger partial charge in [-0.2, -0.15) is 4.31 Å². The number of carbonyl (C=O) groups is 1. The van der Waals surface area contributed by atoms with Gasteiger partial charge in [0.1, 0.15) is 0 Å². The number of piperidine rings is 1. The minimum atomic E-state index is -3.59. The second-order valence-corrected chi connectivity index (χ2v) is 8.73. The van der Waals surface area contributed by atoms with Crippen LogP contribution in [0.1, 0.15) is 40.7 Å². The fraction of sp³-hybridized carbons (Fsp3) is 0.400. The van der Waals surface area contributed by atoms with E-state index in [1.165, 1.54) is 17.5 Å². The minimum absolute atomic E-state index is 0.157. The summed E-state index contributed by atoms with van der Waals surface area (Å²) in [7, 11) is -2.07. The van der Waals surface area contributed by atoms with Crippen molar-refractivity contribution in [2.24, 2.45) is 0 Å². The van der Waals surface area contributed by atoms with E-state index in [1.54, 1.807) is 31.3 Å². The standard InChI is InChI=1S/C20H25N3O4S/c1-15-8-9-17(28(25,26)23-11-4-3-5-12-23)13-18(15)19(24)22-14-16-7-6-10-21-20(16)27-2/h6-10,13H,3-5,11-12,14H2,1-2H3,(H,22,24). The smallest absolute Gasteiger partial charge is 0.251 e. The Kier molecular flexibility index (Phi) is 6.31. The number of benzene rings is 1. The van der Waals surface area contributed by atoms with Crippen LogP contribution in [-0.4, -0.2) is 43.8 Å². The Hall–Kier alpha value is -2.45. The van der Waals surface area contributed by atoms with Crippen LogP contribution in [0.15, 0.2) is 41.4 Å². The lowest BCUT2D eigenvalue weighted by molar-refractivity contribution is 0.0950. The predicted molar refractivity (Wildman–Crippen MR) is 106 cm³/mol. The highest BCUT2D eigenvalue weighted by Crippen LogP contribution is 2.23. The Labute approximate surface area is 165 Å². The molecule has 0 bridgehead atoms. The Bertz CT molecular complexity index is 954. The molecule has 1 amide bonds. The summed E-state index contributed by atoms with van der Waals surface area (Å²) in [5, 5.41) is 2.82. The first kappa shape index (κ1) is 20.3. The van der Waals surface area contributed by atoms with E-state index in [1.807, 2.05) is 6.07 Å². The van der Waals surface area contributed by atoms with Crippen LogP contribution in [0.3, 0.4) is 0 Å². The lowest BCUT2D eigenvalue weighted by Crippen LogP contribution is -2.35. The summed E-state index contributed by atoms with van der Waals surface area (Å²) in [6.07, 6.45) is 4.39. The summed E-state index contributed by atoms with van der Waals surface area (Å²) < 4.78 is 32.5. The van der Waals surface area contributed by atoms with E-state index in [2.05, 4.69) is 10.3 Å². The molecular formula is C20H25N3O4S. The SMILES string of the molecule is COc1ncccc1CNC(=O)c1cc(S(=O)(=O)N2CCCCC2)ccc1C. The predicted octanol–water partition coefficient (Wildman–Crippen LogP) is 2.50. The normalized spacial score (nSPS) is 15.2. The van der Waals surface area contributed by atoms with Gasteiger partial charge < -0.3 is 10.1 Å². The Morgan fingerprint density at radius 3 is 2.68 bits per heavy atom. The number of carbonyl (C=O) groups excluding carboxylic acids is 1. The summed E-state index contributed by atoms with van der Waals surface area (Å²) in [6, 6.07) is 8.29. The van der Waals surface area contributed by atoms with Crippen LogP contribution in [-0.2, 0) is 16.6 Å². The van der Waals surface area contributed by atoms with Crippen molar-refractivity contribution in [3.8, 4) is 5.88 Å². The van der Waals surface area contributed by atoms with Crippen LogP contribution in [0.5, 0.6) is 5.88 Å². The lowest BCUT2D eigenvalue weighted by Gasteiger charge is -2.26. The summed E-state index contributed by atoms with van der Waals surface area (Å²) in [5.41, 5.74) is 1.81. The molecule has 1 aromatic heterocycles. The molecule has 1 aliphatic rings. The fourth-order valence-corrected chi connectivity index (χ4v) is 4.82. The number of nitrogens with zero attached hydrogens (tertiary/aromatic N) is 2.